The molecule has 2 heterocycles. The van der Waals surface area contributed by atoms with E-state index >= 15 is 0 Å². The van der Waals surface area contributed by atoms with E-state index in [9.17, 15) is 0 Å². The molecule has 1 atom stereocenters. The number of hydrogen-bond acceptors (Lipinski definition) is 4. The average molecular weight is 264 g/mol. The molecule has 0 aliphatic heterocycles. The van der Waals surface area contributed by atoms with Crippen molar-refractivity contribution in [2.24, 2.45) is 0 Å². The number of aromatic nitrogens is 5. The molecule has 2 radical (unpaired) electrons. The van der Waals surface area contributed by atoms with Crippen LogP contribution in [0.5, 0.6) is 0 Å². The lowest BCUT2D eigenvalue weighted by atomic mass is 10.0. The van der Waals surface area contributed by atoms with E-state index in [4.69, 9.17) is 7.85 Å². The Bertz CT molecular complexity index is 452. The first-order chi connectivity index (χ1) is 7.18. The fraction of sp³-hybridized carbons (Fsp3) is 0.250. The molecule has 2 aromatic rings. The van der Waals surface area contributed by atoms with Crippen LogP contribution in [0.3, 0.4) is 0 Å². The van der Waals surface area contributed by atoms with Gasteiger partial charge in [-0.25, -0.2) is 15.0 Å². The Labute approximate surface area is 96.5 Å². The molecular formula is C8H7BBrN5. The average Bonchev–Trinajstić information content (AvgIpc) is 2.67. The van der Waals surface area contributed by atoms with Gasteiger partial charge in [-0.15, -0.1) is 0 Å². The summed E-state index contributed by atoms with van der Waals surface area (Å²) in [5, 5.41) is 4.05. The van der Waals surface area contributed by atoms with E-state index in [1.54, 1.807) is 4.68 Å². The Kier molecular flexibility index (Phi) is 2.81. The van der Waals surface area contributed by atoms with E-state index in [1.165, 1.54) is 18.7 Å². The second-order valence-corrected chi connectivity index (χ2v) is 4.34. The molecule has 0 N–H and O–H groups in total. The van der Waals surface area contributed by atoms with E-state index in [0.29, 0.717) is 11.4 Å². The Morgan fingerprint density at radius 2 is 2.00 bits per heavy atom. The number of nitrogens with zero attached hydrogens (tertiary/aromatic N) is 5. The highest BCUT2D eigenvalue weighted by molar-refractivity contribution is 9.09. The maximum absolute atomic E-state index is 5.50. The lowest BCUT2D eigenvalue weighted by molar-refractivity contribution is 0.750. The quantitative estimate of drug-likeness (QED) is 0.578. The summed E-state index contributed by atoms with van der Waals surface area (Å²) in [6.07, 6.45) is 4.53. The van der Waals surface area contributed by atoms with Gasteiger partial charge in [0, 0.05) is 12.4 Å². The topological polar surface area (TPSA) is 56.5 Å². The molecule has 0 spiro atoms. The lowest BCUT2D eigenvalue weighted by Gasteiger charge is -2.05. The third-order valence-corrected chi connectivity index (χ3v) is 2.19. The van der Waals surface area contributed by atoms with E-state index in [-0.39, 0.29) is 4.83 Å². The summed E-state index contributed by atoms with van der Waals surface area (Å²) in [6.45, 7) is 1.96. The fourth-order valence-electron chi connectivity index (χ4n) is 1.12. The molecular weight excluding hydrogens is 257 g/mol. The van der Waals surface area contributed by atoms with Crippen LogP contribution in [0, 0.1) is 0 Å². The Balaban J connectivity index is 2.45. The van der Waals surface area contributed by atoms with E-state index in [1.807, 2.05) is 6.92 Å². The van der Waals surface area contributed by atoms with Gasteiger partial charge in [0.05, 0.1) is 4.83 Å². The molecule has 0 saturated heterocycles. The minimum Gasteiger partial charge on any atom is -0.220 e. The molecule has 0 aromatic carbocycles. The normalized spacial score (nSPS) is 12.7. The monoisotopic (exact) mass is 263 g/mol. The molecule has 0 fully saturated rings. The molecule has 0 amide bonds. The summed E-state index contributed by atoms with van der Waals surface area (Å²) in [6, 6.07) is 0. The van der Waals surface area contributed by atoms with Gasteiger partial charge in [-0.2, -0.15) is 9.78 Å². The maximum atomic E-state index is 5.50. The predicted molar refractivity (Wildman–Crippen MR) is 59.7 cm³/mol. The number of halogens is 1. The van der Waals surface area contributed by atoms with Crippen LogP contribution < -0.4 is 5.46 Å². The van der Waals surface area contributed by atoms with Crippen LogP contribution in [0.2, 0.25) is 0 Å². The largest absolute Gasteiger partial charge is 0.252 e. The molecule has 2 aromatic heterocycles. The third kappa shape index (κ3) is 2.06. The van der Waals surface area contributed by atoms with Crippen molar-refractivity contribution in [3.63, 3.8) is 0 Å². The minimum absolute atomic E-state index is 0.0844. The number of alkyl halides is 1. The molecule has 2 rings (SSSR count). The molecule has 0 aliphatic carbocycles. The van der Waals surface area contributed by atoms with Crippen molar-refractivity contribution in [3.8, 4) is 5.95 Å². The standard InChI is InChI=1S/C8H7BBrN5/c1-5(10)7-13-4-14-15(7)8-11-2-6(9)3-12-8/h2-5H,1H3. The third-order valence-electron chi connectivity index (χ3n) is 1.78. The summed E-state index contributed by atoms with van der Waals surface area (Å²) in [5.41, 5.74) is 0.521. The summed E-state index contributed by atoms with van der Waals surface area (Å²) < 4.78 is 1.57. The molecule has 74 valence electrons. The number of hydrogen-bond donors (Lipinski definition) is 0. The number of rotatable bonds is 2. The van der Waals surface area contributed by atoms with Gasteiger partial charge in [0.15, 0.2) is 0 Å². The molecule has 15 heavy (non-hydrogen) atoms. The van der Waals surface area contributed by atoms with E-state index in [0.717, 1.165) is 5.82 Å². The zero-order chi connectivity index (χ0) is 10.8. The second-order valence-electron chi connectivity index (χ2n) is 2.96. The molecule has 7 heteroatoms. The highest BCUT2D eigenvalue weighted by Crippen LogP contribution is 2.19. The van der Waals surface area contributed by atoms with Crippen LogP contribution in [0.25, 0.3) is 5.95 Å². The van der Waals surface area contributed by atoms with Gasteiger partial charge >= 0.3 is 0 Å². The van der Waals surface area contributed by atoms with Crippen molar-refractivity contribution in [2.75, 3.05) is 0 Å². The summed E-state index contributed by atoms with van der Waals surface area (Å²) in [7, 11) is 5.50. The van der Waals surface area contributed by atoms with Gasteiger partial charge in [-0.05, 0) is 6.92 Å². The van der Waals surface area contributed by atoms with Crippen LogP contribution in [-0.4, -0.2) is 32.6 Å². The zero-order valence-electron chi connectivity index (χ0n) is 8.00. The molecule has 0 bridgehead atoms. The van der Waals surface area contributed by atoms with Crippen molar-refractivity contribution < 1.29 is 0 Å². The van der Waals surface area contributed by atoms with E-state index in [2.05, 4.69) is 36.0 Å². The SMILES string of the molecule is [B]c1cnc(-n2ncnc2C(C)Br)nc1. The van der Waals surface area contributed by atoms with Crippen LogP contribution >= 0.6 is 15.9 Å². The van der Waals surface area contributed by atoms with Crippen molar-refractivity contribution in [3.05, 3.63) is 24.5 Å². The molecule has 0 aliphatic rings. The molecule has 5 nitrogen and oxygen atoms in total. The van der Waals surface area contributed by atoms with Crippen molar-refractivity contribution in [1.29, 1.82) is 0 Å². The highest BCUT2D eigenvalue weighted by Gasteiger charge is 2.12. The highest BCUT2D eigenvalue weighted by atomic mass is 79.9. The van der Waals surface area contributed by atoms with Crippen LogP contribution in [-0.2, 0) is 0 Å². The van der Waals surface area contributed by atoms with Gasteiger partial charge < -0.3 is 0 Å². The van der Waals surface area contributed by atoms with E-state index < -0.39 is 0 Å². The van der Waals surface area contributed by atoms with Crippen molar-refractivity contribution in [2.45, 2.75) is 11.8 Å². The molecule has 0 saturated carbocycles. The summed E-state index contributed by atoms with van der Waals surface area (Å²) in [4.78, 5) is 12.3. The van der Waals surface area contributed by atoms with Gasteiger partial charge in [-0.3, -0.25) is 0 Å². The van der Waals surface area contributed by atoms with Gasteiger partial charge in [0.2, 0.25) is 0 Å². The zero-order valence-corrected chi connectivity index (χ0v) is 9.59. The van der Waals surface area contributed by atoms with Crippen molar-refractivity contribution >= 4 is 29.2 Å². The van der Waals surface area contributed by atoms with Crippen LogP contribution in [0.4, 0.5) is 0 Å². The van der Waals surface area contributed by atoms with Crippen LogP contribution in [0.1, 0.15) is 17.6 Å². The van der Waals surface area contributed by atoms with Gasteiger partial charge in [0.1, 0.15) is 20.0 Å². The Morgan fingerprint density at radius 1 is 1.33 bits per heavy atom. The van der Waals surface area contributed by atoms with Gasteiger partial charge in [0.25, 0.3) is 5.95 Å². The molecule has 1 unspecified atom stereocenters. The first kappa shape index (κ1) is 10.3. The first-order valence-electron chi connectivity index (χ1n) is 4.30. The Morgan fingerprint density at radius 3 is 2.60 bits per heavy atom. The van der Waals surface area contributed by atoms with Gasteiger partial charge in [-0.1, -0.05) is 21.4 Å². The maximum Gasteiger partial charge on any atom is 0.252 e. The minimum atomic E-state index is 0.0844. The second kappa shape index (κ2) is 4.10. The smallest absolute Gasteiger partial charge is 0.220 e. The van der Waals surface area contributed by atoms with Crippen LogP contribution in [0.15, 0.2) is 18.7 Å². The van der Waals surface area contributed by atoms with Crippen molar-refractivity contribution in [1.82, 2.24) is 24.7 Å². The lowest BCUT2D eigenvalue weighted by Crippen LogP contribution is -2.12. The summed E-state index contributed by atoms with van der Waals surface area (Å²) in [5.74, 6) is 1.21. The predicted octanol–water partition coefficient (Wildman–Crippen LogP) is 0.307. The fourth-order valence-corrected chi connectivity index (χ4v) is 1.43. The summed E-state index contributed by atoms with van der Waals surface area (Å²) >= 11 is 3.42. The Hall–Kier alpha value is -1.24. The first-order valence-corrected chi connectivity index (χ1v) is 5.22.